The molecule has 0 bridgehead atoms. The van der Waals surface area contributed by atoms with Crippen molar-refractivity contribution in [3.63, 3.8) is 0 Å². The van der Waals surface area contributed by atoms with Gasteiger partial charge in [-0.25, -0.2) is 0 Å². The molecular formula is C15H15Cl2NO. The maximum atomic E-state index is 6.15. The fourth-order valence-electron chi connectivity index (χ4n) is 1.84. The number of nitrogens with two attached hydrogens (primary N) is 1. The lowest BCUT2D eigenvalue weighted by Crippen LogP contribution is -2.16. The van der Waals surface area contributed by atoms with Gasteiger partial charge in [-0.15, -0.1) is 0 Å². The minimum Gasteiger partial charge on any atom is -0.367 e. The summed E-state index contributed by atoms with van der Waals surface area (Å²) in [5.41, 5.74) is 7.68. The van der Waals surface area contributed by atoms with Crippen LogP contribution in [0.4, 0.5) is 0 Å². The molecule has 0 aliphatic carbocycles. The van der Waals surface area contributed by atoms with E-state index in [-0.39, 0.29) is 6.10 Å². The fourth-order valence-corrected chi connectivity index (χ4v) is 2.31. The van der Waals surface area contributed by atoms with Gasteiger partial charge < -0.3 is 10.5 Å². The summed E-state index contributed by atoms with van der Waals surface area (Å²) >= 11 is 12.1. The van der Waals surface area contributed by atoms with Gasteiger partial charge >= 0.3 is 0 Å². The Morgan fingerprint density at radius 1 is 1.05 bits per heavy atom. The van der Waals surface area contributed by atoms with Crippen LogP contribution in [0.2, 0.25) is 10.0 Å². The molecule has 0 radical (unpaired) electrons. The molecule has 0 heterocycles. The third-order valence-electron chi connectivity index (χ3n) is 2.81. The molecule has 19 heavy (non-hydrogen) atoms. The molecule has 1 atom stereocenters. The quantitative estimate of drug-likeness (QED) is 0.897. The van der Waals surface area contributed by atoms with Crippen molar-refractivity contribution in [3.05, 3.63) is 69.7 Å². The van der Waals surface area contributed by atoms with Gasteiger partial charge in [-0.2, -0.15) is 0 Å². The number of hydrogen-bond donors (Lipinski definition) is 1. The Balaban J connectivity index is 2.06. The van der Waals surface area contributed by atoms with Crippen LogP contribution in [0.3, 0.4) is 0 Å². The van der Waals surface area contributed by atoms with E-state index in [9.17, 15) is 0 Å². The highest BCUT2D eigenvalue weighted by Crippen LogP contribution is 2.25. The Labute approximate surface area is 123 Å². The zero-order valence-electron chi connectivity index (χ0n) is 10.4. The van der Waals surface area contributed by atoms with Gasteiger partial charge in [0, 0.05) is 22.2 Å². The molecule has 0 spiro atoms. The Hall–Kier alpha value is -1.06. The molecule has 0 aromatic heterocycles. The molecule has 0 aliphatic heterocycles. The van der Waals surface area contributed by atoms with E-state index < -0.39 is 0 Å². The van der Waals surface area contributed by atoms with Crippen molar-refractivity contribution in [1.29, 1.82) is 0 Å². The largest absolute Gasteiger partial charge is 0.367 e. The van der Waals surface area contributed by atoms with Crippen molar-refractivity contribution >= 4 is 23.2 Å². The van der Waals surface area contributed by atoms with Gasteiger partial charge in [0.15, 0.2) is 0 Å². The van der Waals surface area contributed by atoms with Crippen molar-refractivity contribution in [2.75, 3.05) is 6.54 Å². The van der Waals surface area contributed by atoms with Gasteiger partial charge in [-0.05, 0) is 23.8 Å². The standard InChI is InChI=1S/C15H15Cl2NO/c16-12-5-3-4-11(8-12)10-19-15(9-18)13-6-1-2-7-14(13)17/h1-8,15H,9-10,18H2. The molecule has 0 saturated carbocycles. The summed E-state index contributed by atoms with van der Waals surface area (Å²) in [5.74, 6) is 0. The molecule has 2 N–H and O–H groups in total. The van der Waals surface area contributed by atoms with Crippen LogP contribution in [0.25, 0.3) is 0 Å². The average molecular weight is 296 g/mol. The predicted molar refractivity (Wildman–Crippen MR) is 79.5 cm³/mol. The second-order valence-electron chi connectivity index (χ2n) is 4.19. The summed E-state index contributed by atoms with van der Waals surface area (Å²) in [6, 6.07) is 15.1. The van der Waals surface area contributed by atoms with Gasteiger partial charge in [0.2, 0.25) is 0 Å². The Bertz CT molecular complexity index is 545. The van der Waals surface area contributed by atoms with E-state index in [4.69, 9.17) is 33.7 Å². The van der Waals surface area contributed by atoms with E-state index in [0.29, 0.717) is 23.2 Å². The molecule has 2 nitrogen and oxygen atoms in total. The minimum absolute atomic E-state index is 0.215. The fraction of sp³-hybridized carbons (Fsp3) is 0.200. The summed E-state index contributed by atoms with van der Waals surface area (Å²) in [6.45, 7) is 0.831. The summed E-state index contributed by atoms with van der Waals surface area (Å²) in [5, 5.41) is 1.37. The van der Waals surface area contributed by atoms with Crippen molar-refractivity contribution in [2.45, 2.75) is 12.7 Å². The molecule has 0 saturated heterocycles. The minimum atomic E-state index is -0.215. The third kappa shape index (κ3) is 3.95. The zero-order valence-corrected chi connectivity index (χ0v) is 11.9. The highest BCUT2D eigenvalue weighted by atomic mass is 35.5. The lowest BCUT2D eigenvalue weighted by atomic mass is 10.1. The Morgan fingerprint density at radius 2 is 1.84 bits per heavy atom. The summed E-state index contributed by atoms with van der Waals surface area (Å²) in [7, 11) is 0. The average Bonchev–Trinajstić information content (AvgIpc) is 2.41. The van der Waals surface area contributed by atoms with Crippen molar-refractivity contribution < 1.29 is 4.74 Å². The lowest BCUT2D eigenvalue weighted by Gasteiger charge is -2.17. The van der Waals surface area contributed by atoms with Crippen molar-refractivity contribution in [2.24, 2.45) is 5.73 Å². The first-order chi connectivity index (χ1) is 9.20. The van der Waals surface area contributed by atoms with E-state index in [1.807, 2.05) is 48.5 Å². The molecule has 0 amide bonds. The molecular weight excluding hydrogens is 281 g/mol. The number of hydrogen-bond acceptors (Lipinski definition) is 2. The van der Waals surface area contributed by atoms with Gasteiger partial charge in [0.25, 0.3) is 0 Å². The molecule has 0 fully saturated rings. The van der Waals surface area contributed by atoms with E-state index in [1.165, 1.54) is 0 Å². The first-order valence-corrected chi connectivity index (χ1v) is 6.77. The van der Waals surface area contributed by atoms with Gasteiger partial charge in [0.05, 0.1) is 12.7 Å². The van der Waals surface area contributed by atoms with Crippen molar-refractivity contribution in [3.8, 4) is 0 Å². The normalized spacial score (nSPS) is 12.4. The number of benzene rings is 2. The Kier molecular flexibility index (Phi) is 5.23. The molecule has 100 valence electrons. The van der Waals surface area contributed by atoms with Gasteiger partial charge in [-0.1, -0.05) is 53.5 Å². The smallest absolute Gasteiger partial charge is 0.0965 e. The van der Waals surface area contributed by atoms with Crippen LogP contribution in [0.1, 0.15) is 17.2 Å². The van der Waals surface area contributed by atoms with Crippen LogP contribution in [-0.2, 0) is 11.3 Å². The zero-order chi connectivity index (χ0) is 13.7. The molecule has 2 rings (SSSR count). The van der Waals surface area contributed by atoms with E-state index in [0.717, 1.165) is 11.1 Å². The topological polar surface area (TPSA) is 35.2 Å². The molecule has 0 aliphatic rings. The maximum Gasteiger partial charge on any atom is 0.0965 e. The number of halogens is 2. The van der Waals surface area contributed by atoms with Crippen LogP contribution in [0, 0.1) is 0 Å². The summed E-state index contributed by atoms with van der Waals surface area (Å²) in [4.78, 5) is 0. The van der Waals surface area contributed by atoms with Gasteiger partial charge in [0.1, 0.15) is 0 Å². The highest BCUT2D eigenvalue weighted by molar-refractivity contribution is 6.31. The second kappa shape index (κ2) is 6.92. The lowest BCUT2D eigenvalue weighted by molar-refractivity contribution is 0.0457. The van der Waals surface area contributed by atoms with Crippen LogP contribution in [0.15, 0.2) is 48.5 Å². The van der Waals surface area contributed by atoms with E-state index in [2.05, 4.69) is 0 Å². The highest BCUT2D eigenvalue weighted by Gasteiger charge is 2.13. The van der Waals surface area contributed by atoms with Gasteiger partial charge in [-0.3, -0.25) is 0 Å². The first-order valence-electron chi connectivity index (χ1n) is 6.01. The SMILES string of the molecule is NCC(OCc1cccc(Cl)c1)c1ccccc1Cl. The third-order valence-corrected chi connectivity index (χ3v) is 3.39. The van der Waals surface area contributed by atoms with Crippen LogP contribution in [-0.4, -0.2) is 6.54 Å². The van der Waals surface area contributed by atoms with Crippen molar-refractivity contribution in [1.82, 2.24) is 0 Å². The van der Waals surface area contributed by atoms with E-state index in [1.54, 1.807) is 0 Å². The van der Waals surface area contributed by atoms with Crippen LogP contribution in [0.5, 0.6) is 0 Å². The molecule has 2 aromatic carbocycles. The molecule has 1 unspecified atom stereocenters. The summed E-state index contributed by atoms with van der Waals surface area (Å²) in [6.07, 6.45) is -0.215. The summed E-state index contributed by atoms with van der Waals surface area (Å²) < 4.78 is 5.83. The maximum absolute atomic E-state index is 6.15. The number of ether oxygens (including phenoxy) is 1. The number of rotatable bonds is 5. The Morgan fingerprint density at radius 3 is 2.53 bits per heavy atom. The monoisotopic (exact) mass is 295 g/mol. The molecule has 2 aromatic rings. The van der Waals surface area contributed by atoms with Crippen LogP contribution >= 0.6 is 23.2 Å². The second-order valence-corrected chi connectivity index (χ2v) is 5.03. The molecule has 4 heteroatoms. The predicted octanol–water partition coefficient (Wildman–Crippen LogP) is 4.21. The first kappa shape index (κ1) is 14.4. The van der Waals surface area contributed by atoms with Crippen LogP contribution < -0.4 is 5.73 Å². The van der Waals surface area contributed by atoms with E-state index >= 15 is 0 Å².